The van der Waals surface area contributed by atoms with E-state index in [4.69, 9.17) is 5.11 Å². The van der Waals surface area contributed by atoms with Crippen molar-refractivity contribution in [2.75, 3.05) is 19.6 Å². The average molecular weight is 273 g/mol. The number of carbonyl (C=O) groups excluding carboxylic acids is 2. The molecule has 0 aliphatic carbocycles. The molecule has 1 heterocycles. The van der Waals surface area contributed by atoms with E-state index < -0.39 is 24.1 Å². The van der Waals surface area contributed by atoms with Gasteiger partial charge in [-0.1, -0.05) is 0 Å². The molecular weight excluding hydrogens is 254 g/mol. The molecule has 0 aromatic heterocycles. The van der Waals surface area contributed by atoms with Crippen molar-refractivity contribution in [3.05, 3.63) is 0 Å². The highest BCUT2D eigenvalue weighted by atomic mass is 16.4. The number of rotatable bonds is 5. The topological polar surface area (TPSA) is 119 Å². The van der Waals surface area contributed by atoms with Crippen molar-refractivity contribution in [1.82, 2.24) is 15.5 Å². The molecule has 0 unspecified atom stereocenters. The lowest BCUT2D eigenvalue weighted by molar-refractivity contribution is -0.141. The highest BCUT2D eigenvalue weighted by molar-refractivity contribution is 5.84. The summed E-state index contributed by atoms with van der Waals surface area (Å²) in [6, 6.07) is -1.59. The van der Waals surface area contributed by atoms with Crippen molar-refractivity contribution in [3.63, 3.8) is 0 Å². The number of β-amino-alcohol motifs (C(OH)–C–C–N with tert-alkyl or cyclic N) is 1. The van der Waals surface area contributed by atoms with E-state index in [9.17, 15) is 19.5 Å². The van der Waals surface area contributed by atoms with E-state index in [1.165, 1.54) is 0 Å². The Morgan fingerprint density at radius 1 is 1.32 bits per heavy atom. The fourth-order valence-electron chi connectivity index (χ4n) is 1.94. The van der Waals surface area contributed by atoms with Gasteiger partial charge < -0.3 is 25.7 Å². The van der Waals surface area contributed by atoms with E-state index in [0.29, 0.717) is 6.54 Å². The van der Waals surface area contributed by atoms with Gasteiger partial charge in [-0.05, 0) is 6.92 Å². The maximum Gasteiger partial charge on any atom is 0.326 e. The maximum absolute atomic E-state index is 11.8. The van der Waals surface area contributed by atoms with Crippen molar-refractivity contribution < 1.29 is 24.6 Å². The molecule has 1 rings (SSSR count). The van der Waals surface area contributed by atoms with Gasteiger partial charge in [0.05, 0.1) is 6.10 Å². The number of carboxylic acid groups (broad SMARTS) is 1. The summed E-state index contributed by atoms with van der Waals surface area (Å²) in [6.45, 7) is 2.43. The molecule has 0 saturated carbocycles. The predicted molar refractivity (Wildman–Crippen MR) is 65.5 cm³/mol. The number of nitrogens with one attached hydrogen (secondary N) is 2. The van der Waals surface area contributed by atoms with Gasteiger partial charge in [0.15, 0.2) is 0 Å². The van der Waals surface area contributed by atoms with E-state index in [2.05, 4.69) is 10.6 Å². The quantitative estimate of drug-likeness (QED) is 0.498. The third kappa shape index (κ3) is 4.40. The Labute approximate surface area is 110 Å². The SMILES string of the molecule is CCNC(=O)CCNC(=O)N1C[C@H](O)C[C@H]1C(=O)O. The fraction of sp³-hybridized carbons (Fsp3) is 0.727. The molecule has 3 amide bonds. The zero-order chi connectivity index (χ0) is 14.4. The first-order valence-electron chi connectivity index (χ1n) is 6.17. The summed E-state index contributed by atoms with van der Waals surface area (Å²) in [5, 5.41) is 23.4. The van der Waals surface area contributed by atoms with Crippen LogP contribution >= 0.6 is 0 Å². The van der Waals surface area contributed by atoms with Gasteiger partial charge in [0.2, 0.25) is 5.91 Å². The van der Waals surface area contributed by atoms with Gasteiger partial charge >= 0.3 is 12.0 Å². The Hall–Kier alpha value is -1.83. The van der Waals surface area contributed by atoms with E-state index >= 15 is 0 Å². The molecule has 0 aromatic carbocycles. The number of aliphatic hydroxyl groups excluding tert-OH is 1. The van der Waals surface area contributed by atoms with Crippen LogP contribution in [-0.4, -0.2) is 64.8 Å². The Morgan fingerprint density at radius 3 is 2.58 bits per heavy atom. The monoisotopic (exact) mass is 273 g/mol. The molecule has 8 heteroatoms. The number of carbonyl (C=O) groups is 3. The van der Waals surface area contributed by atoms with Crippen LogP contribution < -0.4 is 10.6 Å². The largest absolute Gasteiger partial charge is 0.480 e. The van der Waals surface area contributed by atoms with Crippen molar-refractivity contribution in [3.8, 4) is 0 Å². The molecule has 4 N–H and O–H groups in total. The molecule has 0 radical (unpaired) electrons. The number of hydrogen-bond acceptors (Lipinski definition) is 4. The van der Waals surface area contributed by atoms with Crippen molar-refractivity contribution >= 4 is 17.9 Å². The lowest BCUT2D eigenvalue weighted by Crippen LogP contribution is -2.46. The minimum Gasteiger partial charge on any atom is -0.480 e. The zero-order valence-electron chi connectivity index (χ0n) is 10.8. The average Bonchev–Trinajstić information content (AvgIpc) is 2.72. The summed E-state index contributed by atoms with van der Waals surface area (Å²) in [5.74, 6) is -1.32. The summed E-state index contributed by atoms with van der Waals surface area (Å²) >= 11 is 0. The van der Waals surface area contributed by atoms with Crippen LogP contribution in [0.25, 0.3) is 0 Å². The Morgan fingerprint density at radius 2 is 2.00 bits per heavy atom. The van der Waals surface area contributed by atoms with Gasteiger partial charge in [0.25, 0.3) is 0 Å². The number of urea groups is 1. The summed E-state index contributed by atoms with van der Waals surface area (Å²) in [5.41, 5.74) is 0. The van der Waals surface area contributed by atoms with Crippen molar-refractivity contribution in [2.24, 2.45) is 0 Å². The lowest BCUT2D eigenvalue weighted by atomic mass is 10.2. The second-order valence-corrected chi connectivity index (χ2v) is 4.33. The van der Waals surface area contributed by atoms with Gasteiger partial charge in [0, 0.05) is 32.5 Å². The molecule has 0 spiro atoms. The first-order chi connectivity index (χ1) is 8.95. The van der Waals surface area contributed by atoms with Crippen molar-refractivity contribution in [1.29, 1.82) is 0 Å². The van der Waals surface area contributed by atoms with Crippen LogP contribution in [-0.2, 0) is 9.59 Å². The second kappa shape index (κ2) is 6.93. The van der Waals surface area contributed by atoms with Crippen LogP contribution in [0.3, 0.4) is 0 Å². The number of likely N-dealkylation sites (tertiary alicyclic amines) is 1. The number of amides is 3. The molecule has 0 aromatic rings. The standard InChI is InChI=1S/C11H19N3O5/c1-2-12-9(16)3-4-13-11(19)14-6-7(15)5-8(14)10(17)18/h7-8,15H,2-6H2,1H3,(H,12,16)(H,13,19)(H,17,18)/t7-,8+/m1/s1. The lowest BCUT2D eigenvalue weighted by Gasteiger charge is -2.21. The molecular formula is C11H19N3O5. The predicted octanol–water partition coefficient (Wildman–Crippen LogP) is -1.26. The van der Waals surface area contributed by atoms with Gasteiger partial charge in [0.1, 0.15) is 6.04 Å². The highest BCUT2D eigenvalue weighted by Gasteiger charge is 2.38. The number of carboxylic acids is 1. The minimum absolute atomic E-state index is 0.00996. The van der Waals surface area contributed by atoms with Crippen molar-refractivity contribution in [2.45, 2.75) is 31.9 Å². The van der Waals surface area contributed by atoms with Gasteiger partial charge in [-0.3, -0.25) is 4.79 Å². The van der Waals surface area contributed by atoms with Crippen LogP contribution in [0.15, 0.2) is 0 Å². The number of aliphatic carboxylic acids is 1. The van der Waals surface area contributed by atoms with Crippen LogP contribution in [0, 0.1) is 0 Å². The molecule has 1 saturated heterocycles. The molecule has 1 aliphatic rings. The summed E-state index contributed by atoms with van der Waals surface area (Å²) < 4.78 is 0. The molecule has 1 aliphatic heterocycles. The Bertz CT molecular complexity index is 360. The summed E-state index contributed by atoms with van der Waals surface area (Å²) in [4.78, 5) is 34.9. The van der Waals surface area contributed by atoms with Gasteiger partial charge in [-0.15, -0.1) is 0 Å². The van der Waals surface area contributed by atoms with E-state index in [1.54, 1.807) is 6.92 Å². The number of nitrogens with zero attached hydrogens (tertiary/aromatic N) is 1. The molecule has 108 valence electrons. The van der Waals surface area contributed by atoms with E-state index in [0.717, 1.165) is 4.90 Å². The smallest absolute Gasteiger partial charge is 0.326 e. The first-order valence-corrected chi connectivity index (χ1v) is 6.17. The zero-order valence-corrected chi connectivity index (χ0v) is 10.8. The molecule has 8 nitrogen and oxygen atoms in total. The number of aliphatic hydroxyl groups is 1. The van der Waals surface area contributed by atoms with Crippen LogP contribution in [0.2, 0.25) is 0 Å². The van der Waals surface area contributed by atoms with E-state index in [1.807, 2.05) is 0 Å². The van der Waals surface area contributed by atoms with Crippen LogP contribution in [0.1, 0.15) is 19.8 Å². The minimum atomic E-state index is -1.14. The first kappa shape index (κ1) is 15.2. The Kier molecular flexibility index (Phi) is 5.56. The second-order valence-electron chi connectivity index (χ2n) is 4.33. The summed E-state index contributed by atoms with van der Waals surface area (Å²) in [6.07, 6.45) is -0.664. The van der Waals surface area contributed by atoms with Crippen LogP contribution in [0.5, 0.6) is 0 Å². The molecule has 19 heavy (non-hydrogen) atoms. The van der Waals surface area contributed by atoms with Crippen LogP contribution in [0.4, 0.5) is 4.79 Å². The molecule has 2 atom stereocenters. The van der Waals surface area contributed by atoms with E-state index in [-0.39, 0.29) is 31.8 Å². The Balaban J connectivity index is 2.40. The molecule has 0 bridgehead atoms. The third-order valence-corrected chi connectivity index (χ3v) is 2.83. The number of hydrogen-bond donors (Lipinski definition) is 4. The molecule has 1 fully saturated rings. The van der Waals surface area contributed by atoms with Gasteiger partial charge in [-0.2, -0.15) is 0 Å². The third-order valence-electron chi connectivity index (χ3n) is 2.83. The van der Waals surface area contributed by atoms with Gasteiger partial charge in [-0.25, -0.2) is 9.59 Å². The summed E-state index contributed by atoms with van der Waals surface area (Å²) in [7, 11) is 0. The normalized spacial score (nSPS) is 22.1. The fourth-order valence-corrected chi connectivity index (χ4v) is 1.94. The highest BCUT2D eigenvalue weighted by Crippen LogP contribution is 2.17. The maximum atomic E-state index is 11.8.